The molecule has 0 aliphatic heterocycles. The normalized spacial score (nSPS) is 12.5. The molecule has 0 bridgehead atoms. The average molecular weight is 909 g/mol. The van der Waals surface area contributed by atoms with Crippen molar-refractivity contribution in [2.24, 2.45) is 0 Å². The summed E-state index contributed by atoms with van der Waals surface area (Å²) in [5.74, 6) is -0.960. The Morgan fingerprint density at radius 1 is 0.308 bits per heavy atom. The highest BCUT2D eigenvalue weighted by Crippen LogP contribution is 2.14. The number of carbonyl (C=O) groups excluding carboxylic acids is 3. The maximum absolute atomic E-state index is 12.8. The van der Waals surface area contributed by atoms with Crippen LogP contribution in [0, 0.1) is 0 Å². The van der Waals surface area contributed by atoms with Gasteiger partial charge < -0.3 is 14.2 Å². The van der Waals surface area contributed by atoms with Crippen molar-refractivity contribution in [3.63, 3.8) is 0 Å². The van der Waals surface area contributed by atoms with E-state index in [1.165, 1.54) is 154 Å². The van der Waals surface area contributed by atoms with E-state index in [0.717, 1.165) is 77.0 Å². The van der Waals surface area contributed by atoms with Gasteiger partial charge in [0.25, 0.3) is 0 Å². The minimum atomic E-state index is -0.801. The van der Waals surface area contributed by atoms with Crippen molar-refractivity contribution in [1.29, 1.82) is 0 Å². The van der Waals surface area contributed by atoms with Gasteiger partial charge in [-0.2, -0.15) is 0 Å². The quantitative estimate of drug-likeness (QED) is 0.0262. The molecule has 6 nitrogen and oxygen atoms in total. The Bertz CT molecular complexity index is 1180. The van der Waals surface area contributed by atoms with Gasteiger partial charge in [-0.15, -0.1) is 0 Å². The lowest BCUT2D eigenvalue weighted by molar-refractivity contribution is -0.167. The lowest BCUT2D eigenvalue weighted by Crippen LogP contribution is -2.30. The third-order valence-corrected chi connectivity index (χ3v) is 12.0. The molecule has 0 aromatic rings. The average Bonchev–Trinajstić information content (AvgIpc) is 3.30. The van der Waals surface area contributed by atoms with Gasteiger partial charge in [-0.05, 0) is 103 Å². The van der Waals surface area contributed by atoms with Gasteiger partial charge in [0.05, 0.1) is 0 Å². The van der Waals surface area contributed by atoms with E-state index in [9.17, 15) is 14.4 Å². The topological polar surface area (TPSA) is 78.9 Å². The smallest absolute Gasteiger partial charge is 0.306 e. The fourth-order valence-corrected chi connectivity index (χ4v) is 7.74. The summed E-state index contributed by atoms with van der Waals surface area (Å²) in [6.45, 7) is 6.58. The number of hydrogen-bond acceptors (Lipinski definition) is 6. The summed E-state index contributed by atoms with van der Waals surface area (Å²) >= 11 is 0. The first kappa shape index (κ1) is 62.1. The fourth-order valence-electron chi connectivity index (χ4n) is 7.74. The summed E-state index contributed by atoms with van der Waals surface area (Å²) in [4.78, 5) is 38.0. The molecule has 0 amide bonds. The lowest BCUT2D eigenvalue weighted by Gasteiger charge is -2.18. The Morgan fingerprint density at radius 2 is 0.569 bits per heavy atom. The molecule has 376 valence electrons. The first-order chi connectivity index (χ1) is 32.0. The third-order valence-electron chi connectivity index (χ3n) is 12.0. The Kier molecular flexibility index (Phi) is 51.3. The number of unbranched alkanes of at least 4 members (excludes halogenated alkanes) is 29. The van der Waals surface area contributed by atoms with Gasteiger partial charge in [0.2, 0.25) is 0 Å². The van der Waals surface area contributed by atoms with Crippen LogP contribution in [0.5, 0.6) is 0 Å². The summed E-state index contributed by atoms with van der Waals surface area (Å²) < 4.78 is 16.8. The summed E-state index contributed by atoms with van der Waals surface area (Å²) in [6.07, 6.45) is 66.4. The maximum Gasteiger partial charge on any atom is 0.306 e. The summed E-state index contributed by atoms with van der Waals surface area (Å²) in [5.41, 5.74) is 0. The number of esters is 3. The van der Waals surface area contributed by atoms with Gasteiger partial charge in [0.15, 0.2) is 6.10 Å². The van der Waals surface area contributed by atoms with Gasteiger partial charge in [0.1, 0.15) is 13.2 Å². The lowest BCUT2D eigenvalue weighted by atomic mass is 10.1. The standard InChI is InChI=1S/C59H104O6/c1-4-7-10-13-16-19-22-25-28-29-32-34-37-40-43-46-49-52-58(61)64-55-56(65-59(62)53-50-47-44-41-38-35-31-27-24-21-18-15-12-9-6-3)54-63-57(60)51-48-45-42-39-36-33-30-26-23-20-17-14-11-8-5-2/h25-28,30-32,34,40,43,56H,4-24,29,33,35-39,41-42,44-55H2,1-3H3. The van der Waals surface area contributed by atoms with Gasteiger partial charge >= 0.3 is 17.9 Å². The van der Waals surface area contributed by atoms with E-state index >= 15 is 0 Å². The van der Waals surface area contributed by atoms with E-state index in [2.05, 4.69) is 81.5 Å². The van der Waals surface area contributed by atoms with Crippen molar-refractivity contribution >= 4 is 17.9 Å². The van der Waals surface area contributed by atoms with Crippen LogP contribution in [0.2, 0.25) is 0 Å². The molecule has 0 aromatic heterocycles. The van der Waals surface area contributed by atoms with E-state index in [1.54, 1.807) is 0 Å². The van der Waals surface area contributed by atoms with Crippen LogP contribution in [0.1, 0.15) is 278 Å². The molecule has 0 spiro atoms. The predicted molar refractivity (Wildman–Crippen MR) is 279 cm³/mol. The van der Waals surface area contributed by atoms with Crippen LogP contribution in [0.3, 0.4) is 0 Å². The van der Waals surface area contributed by atoms with Gasteiger partial charge in [-0.25, -0.2) is 0 Å². The van der Waals surface area contributed by atoms with Crippen molar-refractivity contribution in [2.75, 3.05) is 13.2 Å². The second-order valence-corrected chi connectivity index (χ2v) is 18.5. The largest absolute Gasteiger partial charge is 0.462 e. The molecule has 0 N–H and O–H groups in total. The number of carbonyl (C=O) groups is 3. The van der Waals surface area contributed by atoms with Crippen molar-refractivity contribution < 1.29 is 28.6 Å². The maximum atomic E-state index is 12.8. The molecule has 1 atom stereocenters. The number of ether oxygens (including phenoxy) is 3. The molecule has 0 radical (unpaired) electrons. The highest BCUT2D eigenvalue weighted by molar-refractivity contribution is 5.71. The van der Waals surface area contributed by atoms with Crippen LogP contribution < -0.4 is 0 Å². The second-order valence-electron chi connectivity index (χ2n) is 18.5. The van der Waals surface area contributed by atoms with Gasteiger partial charge in [-0.3, -0.25) is 14.4 Å². The molecule has 0 aliphatic rings. The molecule has 0 fully saturated rings. The van der Waals surface area contributed by atoms with Crippen LogP contribution in [0.4, 0.5) is 0 Å². The Labute approximate surface area is 402 Å². The SMILES string of the molecule is CCCCCCCCC=CCC=CCC=CCCCC(=O)OCC(COC(=O)CCCCCCCC=CCCCCCCCC)OC(=O)CCCCCCCC=CCCCCCCCC. The van der Waals surface area contributed by atoms with Crippen molar-refractivity contribution in [2.45, 2.75) is 284 Å². The van der Waals surface area contributed by atoms with Crippen molar-refractivity contribution in [1.82, 2.24) is 0 Å². The van der Waals surface area contributed by atoms with Crippen LogP contribution in [0.25, 0.3) is 0 Å². The summed E-state index contributed by atoms with van der Waals surface area (Å²) in [7, 11) is 0. The zero-order valence-corrected chi connectivity index (χ0v) is 43.0. The molecular formula is C59H104O6. The van der Waals surface area contributed by atoms with E-state index in [-0.39, 0.29) is 37.5 Å². The monoisotopic (exact) mass is 909 g/mol. The second kappa shape index (κ2) is 53.7. The third kappa shape index (κ3) is 51.9. The van der Waals surface area contributed by atoms with E-state index in [4.69, 9.17) is 14.2 Å². The highest BCUT2D eigenvalue weighted by Gasteiger charge is 2.19. The molecule has 6 heteroatoms. The molecule has 0 saturated carbocycles. The molecule has 0 rings (SSSR count). The Balaban J connectivity index is 4.47. The zero-order valence-electron chi connectivity index (χ0n) is 43.0. The van der Waals surface area contributed by atoms with Crippen molar-refractivity contribution in [3.8, 4) is 0 Å². The first-order valence-electron chi connectivity index (χ1n) is 27.8. The molecule has 0 heterocycles. The minimum absolute atomic E-state index is 0.0968. The molecule has 1 unspecified atom stereocenters. The fraction of sp³-hybridized carbons (Fsp3) is 0.780. The number of allylic oxidation sites excluding steroid dienone is 10. The van der Waals surface area contributed by atoms with E-state index in [1.807, 2.05) is 0 Å². The zero-order chi connectivity index (χ0) is 47.2. The molecule has 65 heavy (non-hydrogen) atoms. The van der Waals surface area contributed by atoms with Gasteiger partial charge in [-0.1, -0.05) is 216 Å². The van der Waals surface area contributed by atoms with Crippen molar-refractivity contribution in [3.05, 3.63) is 60.8 Å². The molecule has 0 saturated heterocycles. The van der Waals surface area contributed by atoms with Crippen LogP contribution >= 0.6 is 0 Å². The summed E-state index contributed by atoms with van der Waals surface area (Å²) in [5, 5.41) is 0. The van der Waals surface area contributed by atoms with Gasteiger partial charge in [0, 0.05) is 19.3 Å². The minimum Gasteiger partial charge on any atom is -0.462 e. The predicted octanol–water partition coefficient (Wildman–Crippen LogP) is 18.4. The Morgan fingerprint density at radius 3 is 0.938 bits per heavy atom. The van der Waals surface area contributed by atoms with E-state index in [0.29, 0.717) is 19.3 Å². The van der Waals surface area contributed by atoms with Crippen LogP contribution in [-0.2, 0) is 28.6 Å². The molecule has 0 aliphatic carbocycles. The van der Waals surface area contributed by atoms with E-state index < -0.39 is 6.10 Å². The Hall–Kier alpha value is -2.89. The molecular weight excluding hydrogens is 805 g/mol. The first-order valence-corrected chi connectivity index (χ1v) is 27.8. The summed E-state index contributed by atoms with van der Waals surface area (Å²) in [6, 6.07) is 0. The van der Waals surface area contributed by atoms with Crippen LogP contribution in [0.15, 0.2) is 60.8 Å². The molecule has 0 aromatic carbocycles. The van der Waals surface area contributed by atoms with Crippen LogP contribution in [-0.4, -0.2) is 37.2 Å². The number of hydrogen-bond donors (Lipinski definition) is 0. The number of rotatable bonds is 50. The highest BCUT2D eigenvalue weighted by atomic mass is 16.6.